The molecule has 2 aliphatic carbocycles. The highest BCUT2D eigenvalue weighted by molar-refractivity contribution is 5.76. The Balaban J connectivity index is 0.00000196. The zero-order valence-corrected chi connectivity index (χ0v) is 17.4. The first-order valence-corrected chi connectivity index (χ1v) is 10.7. The summed E-state index contributed by atoms with van der Waals surface area (Å²) in [5, 5.41) is 0. The van der Waals surface area contributed by atoms with Crippen molar-refractivity contribution in [3.8, 4) is 5.75 Å². The van der Waals surface area contributed by atoms with Gasteiger partial charge in [-0.25, -0.2) is 0 Å². The van der Waals surface area contributed by atoms with Crippen LogP contribution in [-0.4, -0.2) is 5.97 Å². The summed E-state index contributed by atoms with van der Waals surface area (Å²) < 4.78 is 5.86. The van der Waals surface area contributed by atoms with Crippen molar-refractivity contribution in [2.24, 2.45) is 23.7 Å². The van der Waals surface area contributed by atoms with Crippen molar-refractivity contribution in [1.82, 2.24) is 0 Å². The number of ether oxygens (including phenoxy) is 1. The lowest BCUT2D eigenvalue weighted by Crippen LogP contribution is -2.30. The van der Waals surface area contributed by atoms with Crippen molar-refractivity contribution in [3.63, 3.8) is 0 Å². The fourth-order valence-electron chi connectivity index (χ4n) is 5.06. The predicted molar refractivity (Wildman–Crippen MR) is 112 cm³/mol. The van der Waals surface area contributed by atoms with Gasteiger partial charge in [-0.05, 0) is 112 Å². The third-order valence-corrected chi connectivity index (χ3v) is 7.48. The molecule has 0 unspecified atom stereocenters. The molecule has 26 heavy (non-hydrogen) atoms. The molecule has 2 heteroatoms. The zero-order chi connectivity index (χ0) is 18.8. The minimum atomic E-state index is -0.00790. The first-order valence-electron chi connectivity index (χ1n) is 10.7. The smallest absolute Gasteiger partial charge is 0.314 e. The van der Waals surface area contributed by atoms with Crippen molar-refractivity contribution in [3.05, 3.63) is 28.3 Å². The lowest BCUT2D eigenvalue weighted by molar-refractivity contribution is -0.140. The average Bonchev–Trinajstić information content (AvgIpc) is 2.65. The molecule has 0 saturated heterocycles. The Hall–Kier alpha value is -1.31. The Morgan fingerprint density at radius 3 is 1.96 bits per heavy atom. The maximum Gasteiger partial charge on any atom is 0.314 e. The van der Waals surface area contributed by atoms with E-state index in [0.717, 1.165) is 41.9 Å². The van der Waals surface area contributed by atoms with Crippen LogP contribution in [0.15, 0.2) is 6.07 Å². The fourth-order valence-corrected chi connectivity index (χ4v) is 5.06. The van der Waals surface area contributed by atoms with Crippen LogP contribution in [0.5, 0.6) is 5.75 Å². The topological polar surface area (TPSA) is 26.3 Å². The SMILES string of the molecule is Cc1cc(OC(=O)C2CCC(C3CCC(C)CC3)CC2)c(C)c(C)c1C.[HH].[HH]. The van der Waals surface area contributed by atoms with Crippen LogP contribution in [0.25, 0.3) is 0 Å². The second-order valence-corrected chi connectivity index (χ2v) is 9.12. The molecule has 2 fully saturated rings. The summed E-state index contributed by atoms with van der Waals surface area (Å²) in [7, 11) is 0. The number of hydrogen-bond acceptors (Lipinski definition) is 2. The molecule has 0 N–H and O–H groups in total. The van der Waals surface area contributed by atoms with E-state index in [-0.39, 0.29) is 14.7 Å². The molecule has 1 aromatic rings. The van der Waals surface area contributed by atoms with E-state index in [1.54, 1.807) is 0 Å². The van der Waals surface area contributed by atoms with Crippen LogP contribution < -0.4 is 4.74 Å². The molecule has 0 atom stereocenters. The first-order chi connectivity index (χ1) is 12.4. The first kappa shape index (κ1) is 19.5. The van der Waals surface area contributed by atoms with Gasteiger partial charge < -0.3 is 4.74 Å². The molecule has 0 aliphatic heterocycles. The van der Waals surface area contributed by atoms with E-state index in [4.69, 9.17) is 4.74 Å². The number of rotatable bonds is 3. The van der Waals surface area contributed by atoms with Crippen molar-refractivity contribution in [2.75, 3.05) is 0 Å². The molecule has 148 valence electrons. The zero-order valence-electron chi connectivity index (χ0n) is 17.4. The summed E-state index contributed by atoms with van der Waals surface area (Å²) in [6.45, 7) is 10.8. The van der Waals surface area contributed by atoms with E-state index in [1.807, 2.05) is 6.07 Å². The Morgan fingerprint density at radius 2 is 1.38 bits per heavy atom. The molecule has 3 rings (SSSR count). The molecule has 0 radical (unpaired) electrons. The van der Waals surface area contributed by atoms with E-state index >= 15 is 0 Å². The van der Waals surface area contributed by atoms with Gasteiger partial charge in [0.05, 0.1) is 5.92 Å². The molecule has 0 heterocycles. The Bertz CT molecular complexity index is 655. The van der Waals surface area contributed by atoms with Gasteiger partial charge in [0.15, 0.2) is 0 Å². The number of benzene rings is 1. The quantitative estimate of drug-likeness (QED) is 0.430. The van der Waals surface area contributed by atoms with Gasteiger partial charge in [-0.2, -0.15) is 0 Å². The number of aryl methyl sites for hydroxylation is 1. The standard InChI is InChI=1S/C24H36O2.2H2/c1-15-6-8-20(9-7-15)21-10-12-22(13-11-21)24(25)26-23-14-16(2)17(3)18(4)19(23)5;;/h14-15,20-22H,6-13H2,1-5H3;2*1H. The summed E-state index contributed by atoms with van der Waals surface area (Å²) in [6.07, 6.45) is 10.1. The summed E-state index contributed by atoms with van der Waals surface area (Å²) in [5.41, 5.74) is 4.84. The van der Waals surface area contributed by atoms with E-state index in [9.17, 15) is 4.79 Å². The molecule has 2 nitrogen and oxygen atoms in total. The van der Waals surface area contributed by atoms with Gasteiger partial charge in [0.25, 0.3) is 0 Å². The molecule has 2 aliphatic rings. The van der Waals surface area contributed by atoms with Crippen LogP contribution in [0, 0.1) is 51.4 Å². The normalized spacial score (nSPS) is 29.4. The number of hydrogen-bond donors (Lipinski definition) is 0. The molecular formula is C24H40O2. The van der Waals surface area contributed by atoms with Gasteiger partial charge in [0.1, 0.15) is 5.75 Å². The Kier molecular flexibility index (Phi) is 6.10. The van der Waals surface area contributed by atoms with Crippen LogP contribution in [0.2, 0.25) is 0 Å². The highest BCUT2D eigenvalue weighted by Crippen LogP contribution is 2.41. The molecule has 0 aromatic heterocycles. The van der Waals surface area contributed by atoms with Gasteiger partial charge in [0.2, 0.25) is 0 Å². The van der Waals surface area contributed by atoms with Crippen molar-refractivity contribution >= 4 is 5.97 Å². The molecule has 0 spiro atoms. The largest absolute Gasteiger partial charge is 0.426 e. The molecule has 1 aromatic carbocycles. The Labute approximate surface area is 162 Å². The summed E-state index contributed by atoms with van der Waals surface area (Å²) in [5.74, 6) is 3.52. The van der Waals surface area contributed by atoms with Crippen molar-refractivity contribution in [1.29, 1.82) is 0 Å². The lowest BCUT2D eigenvalue weighted by Gasteiger charge is -2.36. The highest BCUT2D eigenvalue weighted by atomic mass is 16.5. The second kappa shape index (κ2) is 8.15. The van der Waals surface area contributed by atoms with E-state index < -0.39 is 0 Å². The van der Waals surface area contributed by atoms with Crippen LogP contribution in [-0.2, 0) is 4.79 Å². The number of carbonyl (C=O) groups is 1. The third kappa shape index (κ3) is 4.15. The predicted octanol–water partition coefficient (Wildman–Crippen LogP) is 6.95. The summed E-state index contributed by atoms with van der Waals surface area (Å²) in [6, 6.07) is 2.03. The van der Waals surface area contributed by atoms with Crippen LogP contribution in [0.1, 0.15) is 83.4 Å². The minimum absolute atomic E-state index is 0. The van der Waals surface area contributed by atoms with Gasteiger partial charge in [-0.3, -0.25) is 4.79 Å². The summed E-state index contributed by atoms with van der Waals surface area (Å²) >= 11 is 0. The summed E-state index contributed by atoms with van der Waals surface area (Å²) in [4.78, 5) is 12.7. The van der Waals surface area contributed by atoms with Gasteiger partial charge >= 0.3 is 5.97 Å². The molecule has 0 amide bonds. The third-order valence-electron chi connectivity index (χ3n) is 7.48. The number of esters is 1. The van der Waals surface area contributed by atoms with E-state index in [2.05, 4.69) is 34.6 Å². The second-order valence-electron chi connectivity index (χ2n) is 9.12. The van der Waals surface area contributed by atoms with Gasteiger partial charge in [0, 0.05) is 2.85 Å². The van der Waals surface area contributed by atoms with E-state index in [1.165, 1.54) is 55.2 Å². The van der Waals surface area contributed by atoms with Crippen LogP contribution in [0.4, 0.5) is 0 Å². The van der Waals surface area contributed by atoms with Crippen LogP contribution in [0.3, 0.4) is 0 Å². The number of carbonyl (C=O) groups excluding carboxylic acids is 1. The van der Waals surface area contributed by atoms with Gasteiger partial charge in [-0.1, -0.05) is 19.8 Å². The highest BCUT2D eigenvalue weighted by Gasteiger charge is 2.33. The minimum Gasteiger partial charge on any atom is -0.426 e. The average molecular weight is 361 g/mol. The Morgan fingerprint density at radius 1 is 0.846 bits per heavy atom. The van der Waals surface area contributed by atoms with Crippen molar-refractivity contribution in [2.45, 2.75) is 86.0 Å². The maximum absolute atomic E-state index is 12.7. The van der Waals surface area contributed by atoms with E-state index in [0.29, 0.717) is 0 Å². The molecule has 2 saturated carbocycles. The molecular weight excluding hydrogens is 320 g/mol. The maximum atomic E-state index is 12.7. The molecule has 0 bridgehead atoms. The fraction of sp³-hybridized carbons (Fsp3) is 0.708. The lowest BCUT2D eigenvalue weighted by atomic mass is 9.69. The van der Waals surface area contributed by atoms with Gasteiger partial charge in [-0.15, -0.1) is 0 Å². The van der Waals surface area contributed by atoms with Crippen LogP contribution >= 0.6 is 0 Å². The monoisotopic (exact) mass is 360 g/mol. The van der Waals surface area contributed by atoms with Crippen molar-refractivity contribution < 1.29 is 12.4 Å².